The van der Waals surface area contributed by atoms with E-state index in [0.29, 0.717) is 0 Å². The van der Waals surface area contributed by atoms with Crippen molar-refractivity contribution < 1.29 is 13.5 Å². The molecule has 0 aliphatic rings. The number of rotatable bonds is 8. The lowest BCUT2D eigenvalue weighted by Gasteiger charge is -2.06. The summed E-state index contributed by atoms with van der Waals surface area (Å²) in [5.41, 5.74) is 2.04. The van der Waals surface area contributed by atoms with Crippen molar-refractivity contribution in [2.75, 3.05) is 0 Å². The zero-order valence-electron chi connectivity index (χ0n) is 13.5. The van der Waals surface area contributed by atoms with E-state index in [1.807, 2.05) is 24.3 Å². The minimum absolute atomic E-state index is 0.0200. The molecule has 0 amide bonds. The van der Waals surface area contributed by atoms with Gasteiger partial charge in [-0.15, -0.1) is 0 Å². The molecule has 23 heavy (non-hydrogen) atoms. The molecule has 2 aromatic carbocycles. The molecule has 0 aliphatic heterocycles. The van der Waals surface area contributed by atoms with E-state index in [0.717, 1.165) is 12.0 Å². The second-order valence-corrected chi connectivity index (χ2v) is 7.87. The Bertz CT molecular complexity index is 701. The van der Waals surface area contributed by atoms with Crippen LogP contribution in [0.2, 0.25) is 0 Å². The minimum atomic E-state index is -3.38. The Morgan fingerprint density at radius 1 is 0.826 bits per heavy atom. The lowest BCUT2D eigenvalue weighted by molar-refractivity contribution is 0.475. The highest BCUT2D eigenvalue weighted by Crippen LogP contribution is 2.20. The van der Waals surface area contributed by atoms with Crippen LogP contribution in [0.1, 0.15) is 43.7 Å². The Kier molecular flexibility index (Phi) is 6.22. The van der Waals surface area contributed by atoms with Crippen LogP contribution in [-0.4, -0.2) is 13.5 Å². The van der Waals surface area contributed by atoms with Crippen LogP contribution in [-0.2, 0) is 22.0 Å². The van der Waals surface area contributed by atoms with Crippen LogP contribution >= 0.6 is 0 Å². The van der Waals surface area contributed by atoms with Gasteiger partial charge in [0, 0.05) is 0 Å². The maximum Gasteiger partial charge on any atom is 0.182 e. The van der Waals surface area contributed by atoms with Crippen molar-refractivity contribution in [2.45, 2.75) is 49.7 Å². The first-order valence-electron chi connectivity index (χ1n) is 8.11. The maximum absolute atomic E-state index is 12.4. The van der Waals surface area contributed by atoms with Gasteiger partial charge in [0.05, 0.1) is 10.6 Å². The molecule has 0 radical (unpaired) electrons. The number of hydrogen-bond donors (Lipinski definition) is 1. The number of benzene rings is 2. The predicted molar refractivity (Wildman–Crippen MR) is 93.3 cm³/mol. The van der Waals surface area contributed by atoms with Crippen molar-refractivity contribution in [3.63, 3.8) is 0 Å². The van der Waals surface area contributed by atoms with Gasteiger partial charge in [-0.3, -0.25) is 0 Å². The smallest absolute Gasteiger partial charge is 0.182 e. The second kappa shape index (κ2) is 8.16. The first kappa shape index (κ1) is 17.5. The maximum atomic E-state index is 12.4. The summed E-state index contributed by atoms with van der Waals surface area (Å²) in [7, 11) is -3.38. The summed E-state index contributed by atoms with van der Waals surface area (Å²) in [6, 6.07) is 13.5. The van der Waals surface area contributed by atoms with Crippen molar-refractivity contribution in [3.05, 3.63) is 59.7 Å². The van der Waals surface area contributed by atoms with Gasteiger partial charge in [0.1, 0.15) is 5.75 Å². The van der Waals surface area contributed by atoms with Crippen LogP contribution in [0.4, 0.5) is 0 Å². The fraction of sp³-hybridized carbons (Fsp3) is 0.368. The number of unbranched alkanes of at least 4 members (excludes halogenated alkanes) is 3. The summed E-state index contributed by atoms with van der Waals surface area (Å²) in [6.07, 6.45) is 5.97. The minimum Gasteiger partial charge on any atom is -0.508 e. The topological polar surface area (TPSA) is 54.4 Å². The zero-order valence-corrected chi connectivity index (χ0v) is 14.3. The summed E-state index contributed by atoms with van der Waals surface area (Å²) < 4.78 is 24.7. The molecule has 1 N–H and O–H groups in total. The third-order valence-electron chi connectivity index (χ3n) is 3.89. The van der Waals surface area contributed by atoms with Crippen molar-refractivity contribution in [1.82, 2.24) is 0 Å². The third-order valence-corrected chi connectivity index (χ3v) is 5.60. The highest BCUT2D eigenvalue weighted by molar-refractivity contribution is 7.90. The molecule has 0 unspecified atom stereocenters. The van der Waals surface area contributed by atoms with Crippen molar-refractivity contribution in [2.24, 2.45) is 0 Å². The molecule has 0 spiro atoms. The number of sulfone groups is 1. The monoisotopic (exact) mass is 332 g/mol. The highest BCUT2D eigenvalue weighted by atomic mass is 32.2. The quantitative estimate of drug-likeness (QED) is 0.725. The summed E-state index contributed by atoms with van der Waals surface area (Å²) >= 11 is 0. The molecule has 0 atom stereocenters. The molecule has 0 fully saturated rings. The van der Waals surface area contributed by atoms with Crippen LogP contribution in [0.3, 0.4) is 0 Å². The predicted octanol–water partition coefficient (Wildman–Crippen LogP) is 4.49. The third kappa shape index (κ3) is 5.39. The van der Waals surface area contributed by atoms with E-state index in [-0.39, 0.29) is 16.4 Å². The lowest BCUT2D eigenvalue weighted by Crippen LogP contribution is -2.04. The van der Waals surface area contributed by atoms with Crippen LogP contribution in [0.25, 0.3) is 0 Å². The van der Waals surface area contributed by atoms with Crippen LogP contribution in [0.5, 0.6) is 5.75 Å². The van der Waals surface area contributed by atoms with E-state index < -0.39 is 9.84 Å². The molecule has 2 rings (SSSR count). The second-order valence-electron chi connectivity index (χ2n) is 5.88. The van der Waals surface area contributed by atoms with Crippen molar-refractivity contribution in [1.29, 1.82) is 0 Å². The fourth-order valence-corrected chi connectivity index (χ4v) is 3.86. The van der Waals surface area contributed by atoms with E-state index in [4.69, 9.17) is 0 Å². The van der Waals surface area contributed by atoms with Crippen molar-refractivity contribution >= 4 is 9.84 Å². The molecule has 3 nitrogen and oxygen atoms in total. The molecule has 2 aromatic rings. The standard InChI is InChI=1S/C19H24O3S/c1-2-3-4-5-6-16-7-9-17(10-8-16)15-23(21,22)19-13-11-18(20)12-14-19/h7-14,20H,2-6,15H2,1H3. The Hall–Kier alpha value is -1.81. The SMILES string of the molecule is CCCCCCc1ccc(CS(=O)(=O)c2ccc(O)cc2)cc1. The van der Waals surface area contributed by atoms with Gasteiger partial charge in [-0.05, 0) is 48.2 Å². The fourth-order valence-electron chi connectivity index (χ4n) is 2.51. The first-order valence-corrected chi connectivity index (χ1v) is 9.76. The number of aromatic hydroxyl groups is 1. The van der Waals surface area contributed by atoms with E-state index >= 15 is 0 Å². The van der Waals surface area contributed by atoms with Gasteiger partial charge in [0.15, 0.2) is 9.84 Å². The normalized spacial score (nSPS) is 11.5. The van der Waals surface area contributed by atoms with Gasteiger partial charge >= 0.3 is 0 Å². The highest BCUT2D eigenvalue weighted by Gasteiger charge is 2.15. The number of phenolic OH excluding ortho intramolecular Hbond substituents is 1. The summed E-state index contributed by atoms with van der Waals surface area (Å²) in [5, 5.41) is 9.25. The van der Waals surface area contributed by atoms with Crippen molar-refractivity contribution in [3.8, 4) is 5.75 Å². The van der Waals surface area contributed by atoms with Crippen LogP contribution in [0.15, 0.2) is 53.4 Å². The summed E-state index contributed by atoms with van der Waals surface area (Å²) in [6.45, 7) is 2.20. The number of hydrogen-bond acceptors (Lipinski definition) is 3. The van der Waals surface area contributed by atoms with Gasteiger partial charge in [-0.25, -0.2) is 8.42 Å². The summed E-state index contributed by atoms with van der Waals surface area (Å²) in [4.78, 5) is 0.235. The van der Waals surface area contributed by atoms with Gasteiger partial charge in [0.2, 0.25) is 0 Å². The Labute approximate surface area is 138 Å². The summed E-state index contributed by atoms with van der Waals surface area (Å²) in [5.74, 6) is 0.0461. The molecule has 0 bridgehead atoms. The molecule has 0 aliphatic carbocycles. The Morgan fingerprint density at radius 2 is 1.43 bits per heavy atom. The van der Waals surface area contributed by atoms with E-state index in [9.17, 15) is 13.5 Å². The average molecular weight is 332 g/mol. The zero-order chi connectivity index (χ0) is 16.7. The van der Waals surface area contributed by atoms with Gasteiger partial charge in [-0.2, -0.15) is 0 Å². The molecular formula is C19H24O3S. The first-order chi connectivity index (χ1) is 11.0. The van der Waals surface area contributed by atoms with E-state index in [1.165, 1.54) is 55.5 Å². The molecule has 124 valence electrons. The Morgan fingerprint density at radius 3 is 2.04 bits per heavy atom. The molecule has 0 saturated heterocycles. The Balaban J connectivity index is 1.98. The number of aryl methyl sites for hydroxylation is 1. The molecule has 0 aromatic heterocycles. The number of phenols is 1. The van der Waals surface area contributed by atoms with Crippen LogP contribution in [0, 0.1) is 0 Å². The van der Waals surface area contributed by atoms with E-state index in [2.05, 4.69) is 6.92 Å². The lowest BCUT2D eigenvalue weighted by atomic mass is 10.1. The van der Waals surface area contributed by atoms with Gasteiger partial charge in [0.25, 0.3) is 0 Å². The van der Waals surface area contributed by atoms with E-state index in [1.54, 1.807) is 0 Å². The molecule has 0 saturated carbocycles. The molecular weight excluding hydrogens is 308 g/mol. The van der Waals surface area contributed by atoms with Gasteiger partial charge < -0.3 is 5.11 Å². The largest absolute Gasteiger partial charge is 0.508 e. The molecule has 0 heterocycles. The molecule has 4 heteroatoms. The van der Waals surface area contributed by atoms with Crippen LogP contribution < -0.4 is 0 Å². The van der Waals surface area contributed by atoms with Gasteiger partial charge in [-0.1, -0.05) is 50.5 Å². The average Bonchev–Trinajstić information content (AvgIpc) is 2.53.